The van der Waals surface area contributed by atoms with Gasteiger partial charge in [0.05, 0.1) is 0 Å². The molecule has 2 nitrogen and oxygen atoms in total. The Balaban J connectivity index is 4.89. The van der Waals surface area contributed by atoms with Gasteiger partial charge >= 0.3 is 8.56 Å². The van der Waals surface area contributed by atoms with Crippen LogP contribution in [0, 0.1) is 11.8 Å². The van der Waals surface area contributed by atoms with Crippen molar-refractivity contribution in [2.45, 2.75) is 72.5 Å². The number of rotatable bonds is 8. The predicted molar refractivity (Wildman–Crippen MR) is 93.9 cm³/mol. The molecule has 0 saturated carbocycles. The minimum absolute atomic E-state index is 0.583. The summed E-state index contributed by atoms with van der Waals surface area (Å²) in [5.41, 5.74) is 0. The van der Waals surface area contributed by atoms with Crippen molar-refractivity contribution in [3.05, 3.63) is 0 Å². The van der Waals surface area contributed by atoms with Gasteiger partial charge in [0.25, 0.3) is 7.63 Å². The van der Waals surface area contributed by atoms with Crippen LogP contribution in [0.4, 0.5) is 0 Å². The second kappa shape index (κ2) is 7.22. The Labute approximate surface area is 128 Å². The summed E-state index contributed by atoms with van der Waals surface area (Å²) in [6.07, 6.45) is 0. The highest BCUT2D eigenvalue weighted by Crippen LogP contribution is 2.33. The molecule has 0 fully saturated rings. The highest BCUT2D eigenvalue weighted by atomic mass is 35.6. The SMILES string of the molecule is CC(C)C[Si](Cl)(CC(C)C)O[Si](C)(C)O[Si](C)(C)C. The second-order valence-corrected chi connectivity index (χ2v) is 21.1. The summed E-state index contributed by atoms with van der Waals surface area (Å²) in [4.78, 5) is 0. The smallest absolute Gasteiger partial charge is 0.311 e. The fraction of sp³-hybridized carbons (Fsp3) is 1.00. The predicted octanol–water partition coefficient (Wildman–Crippen LogP) is 5.55. The molecule has 0 amide bonds. The van der Waals surface area contributed by atoms with Crippen LogP contribution in [-0.2, 0) is 8.23 Å². The van der Waals surface area contributed by atoms with Gasteiger partial charge in [0, 0.05) is 0 Å². The van der Waals surface area contributed by atoms with Crippen LogP contribution >= 0.6 is 11.1 Å². The van der Waals surface area contributed by atoms with Crippen LogP contribution in [0.15, 0.2) is 0 Å². The van der Waals surface area contributed by atoms with E-state index in [4.69, 9.17) is 19.3 Å². The lowest BCUT2D eigenvalue weighted by Gasteiger charge is -2.38. The largest absolute Gasteiger partial charge is 0.437 e. The lowest BCUT2D eigenvalue weighted by molar-refractivity contribution is 0.387. The molecule has 0 unspecified atom stereocenters. The summed E-state index contributed by atoms with van der Waals surface area (Å²) in [6.45, 7) is 19.8. The molecule has 0 aromatic carbocycles. The van der Waals surface area contributed by atoms with Gasteiger partial charge in [-0.2, -0.15) is 0 Å². The van der Waals surface area contributed by atoms with E-state index in [1.165, 1.54) is 0 Å². The van der Waals surface area contributed by atoms with Gasteiger partial charge < -0.3 is 8.23 Å². The highest BCUT2D eigenvalue weighted by Gasteiger charge is 2.43. The van der Waals surface area contributed by atoms with Crippen molar-refractivity contribution in [2.24, 2.45) is 11.8 Å². The fourth-order valence-corrected chi connectivity index (χ4v) is 19.3. The molecular formula is C13H33ClO2Si3. The molecule has 0 bridgehead atoms. The molecule has 0 N–H and O–H groups in total. The maximum atomic E-state index is 6.93. The lowest BCUT2D eigenvalue weighted by atomic mass is 10.3. The van der Waals surface area contributed by atoms with E-state index in [0.717, 1.165) is 12.1 Å². The van der Waals surface area contributed by atoms with Gasteiger partial charge in [-0.15, -0.1) is 11.1 Å². The van der Waals surface area contributed by atoms with Crippen molar-refractivity contribution < 1.29 is 8.23 Å². The first-order valence-corrected chi connectivity index (χ1v) is 16.9. The average Bonchev–Trinajstić information content (AvgIpc) is 1.89. The van der Waals surface area contributed by atoms with E-state index in [1.807, 2.05) is 0 Å². The van der Waals surface area contributed by atoms with E-state index in [2.05, 4.69) is 60.4 Å². The van der Waals surface area contributed by atoms with Crippen molar-refractivity contribution in [3.8, 4) is 0 Å². The molecule has 0 aromatic rings. The van der Waals surface area contributed by atoms with E-state index in [9.17, 15) is 0 Å². The van der Waals surface area contributed by atoms with Crippen LogP contribution in [0.5, 0.6) is 0 Å². The summed E-state index contributed by atoms with van der Waals surface area (Å²) in [5, 5.41) is 0. The van der Waals surface area contributed by atoms with E-state index >= 15 is 0 Å². The number of halogens is 1. The monoisotopic (exact) mass is 340 g/mol. The molecule has 6 heteroatoms. The maximum absolute atomic E-state index is 6.93. The zero-order valence-electron chi connectivity index (χ0n) is 14.3. The van der Waals surface area contributed by atoms with Crippen LogP contribution in [0.2, 0.25) is 44.8 Å². The molecule has 0 aliphatic carbocycles. The van der Waals surface area contributed by atoms with Gasteiger partial charge in [-0.1, -0.05) is 27.7 Å². The molecule has 0 rings (SSSR count). The van der Waals surface area contributed by atoms with Crippen molar-refractivity contribution in [1.82, 2.24) is 0 Å². The molecule has 0 aromatic heterocycles. The maximum Gasteiger partial charge on any atom is 0.311 e. The molecule has 116 valence electrons. The van der Waals surface area contributed by atoms with Crippen molar-refractivity contribution in [2.75, 3.05) is 0 Å². The Morgan fingerprint density at radius 3 is 1.42 bits per heavy atom. The third kappa shape index (κ3) is 10.3. The summed E-state index contributed by atoms with van der Waals surface area (Å²) in [6, 6.07) is 2.02. The van der Waals surface area contributed by atoms with Gasteiger partial charge in [-0.3, -0.25) is 0 Å². The number of hydrogen-bond acceptors (Lipinski definition) is 2. The summed E-state index contributed by atoms with van der Waals surface area (Å²) < 4.78 is 12.8. The first-order chi connectivity index (χ1) is 8.25. The topological polar surface area (TPSA) is 18.5 Å². The molecule has 0 spiro atoms. The Bertz CT molecular complexity index is 266. The van der Waals surface area contributed by atoms with E-state index < -0.39 is 24.5 Å². The van der Waals surface area contributed by atoms with E-state index in [-0.39, 0.29) is 0 Å². The van der Waals surface area contributed by atoms with E-state index in [1.54, 1.807) is 0 Å². The van der Waals surface area contributed by atoms with Crippen LogP contribution in [-0.4, -0.2) is 24.5 Å². The van der Waals surface area contributed by atoms with Gasteiger partial charge in [-0.25, -0.2) is 0 Å². The molecular weight excluding hydrogens is 308 g/mol. The normalized spacial score (nSPS) is 14.5. The highest BCUT2D eigenvalue weighted by molar-refractivity contribution is 7.19. The fourth-order valence-electron chi connectivity index (χ4n) is 2.58. The molecule has 0 atom stereocenters. The molecule has 0 aliphatic heterocycles. The zero-order chi connectivity index (χ0) is 15.5. The molecule has 0 saturated heterocycles. The Hall–Kier alpha value is 0.861. The second-order valence-electron chi connectivity index (χ2n) is 7.80. The van der Waals surface area contributed by atoms with Crippen molar-refractivity contribution >= 4 is 35.6 Å². The summed E-state index contributed by atoms with van der Waals surface area (Å²) >= 11 is 6.93. The molecule has 0 aliphatic rings. The standard InChI is InChI=1S/C13H33ClO2Si3/c1-12(2)10-19(14,11-13(3)4)16-18(8,9)15-17(5,6)7/h12-13H,10-11H2,1-9H3. The quantitative estimate of drug-likeness (QED) is 0.426. The Morgan fingerprint density at radius 1 is 0.789 bits per heavy atom. The zero-order valence-corrected chi connectivity index (χ0v) is 18.0. The van der Waals surface area contributed by atoms with Crippen LogP contribution < -0.4 is 0 Å². The Kier molecular flexibility index (Phi) is 7.55. The van der Waals surface area contributed by atoms with Gasteiger partial charge in [-0.05, 0) is 56.7 Å². The van der Waals surface area contributed by atoms with Gasteiger partial charge in [0.1, 0.15) is 0 Å². The van der Waals surface area contributed by atoms with Crippen LogP contribution in [0.3, 0.4) is 0 Å². The summed E-state index contributed by atoms with van der Waals surface area (Å²) in [7, 11) is -5.87. The van der Waals surface area contributed by atoms with Crippen LogP contribution in [0.1, 0.15) is 27.7 Å². The lowest BCUT2D eigenvalue weighted by Crippen LogP contribution is -2.52. The minimum atomic E-state index is -2.18. The Morgan fingerprint density at radius 2 is 1.16 bits per heavy atom. The molecule has 19 heavy (non-hydrogen) atoms. The first kappa shape index (κ1) is 19.9. The van der Waals surface area contributed by atoms with Gasteiger partial charge in [0.15, 0.2) is 8.32 Å². The third-order valence-corrected chi connectivity index (χ3v) is 14.7. The van der Waals surface area contributed by atoms with Crippen LogP contribution in [0.25, 0.3) is 0 Å². The van der Waals surface area contributed by atoms with Gasteiger partial charge in [0.2, 0.25) is 0 Å². The van der Waals surface area contributed by atoms with Crippen molar-refractivity contribution in [1.29, 1.82) is 0 Å². The number of hydrogen-bond donors (Lipinski definition) is 0. The molecule has 0 heterocycles. The first-order valence-electron chi connectivity index (χ1n) is 7.34. The van der Waals surface area contributed by atoms with Crippen molar-refractivity contribution in [3.63, 3.8) is 0 Å². The summed E-state index contributed by atoms with van der Waals surface area (Å²) in [5.74, 6) is 1.17. The average molecular weight is 341 g/mol. The van der Waals surface area contributed by atoms with E-state index in [0.29, 0.717) is 11.8 Å². The minimum Gasteiger partial charge on any atom is -0.437 e. The third-order valence-electron chi connectivity index (χ3n) is 2.41. The molecule has 0 radical (unpaired) electrons.